The van der Waals surface area contributed by atoms with Crippen LogP contribution in [-0.2, 0) is 4.79 Å². The molecule has 0 aromatic rings. The van der Waals surface area contributed by atoms with Gasteiger partial charge in [0.15, 0.2) is 5.78 Å². The summed E-state index contributed by atoms with van der Waals surface area (Å²) in [4.78, 5) is 14.3. The number of ketones is 1. The second kappa shape index (κ2) is 9.58. The van der Waals surface area contributed by atoms with Crippen molar-refractivity contribution in [2.24, 2.45) is 50.7 Å². The Morgan fingerprint density at radius 3 is 2.49 bits per heavy atom. The SMILES string of the molecule is C=C=CCCC12CCC3C(C(=O)C=C4C(C)(/C=C/C#N)C(C(C)(C)C=C)CCC43C)C1CC(C)(C)CC2. The fraction of sp³-hybridized carbons (Fsp3) is 0.686. The van der Waals surface area contributed by atoms with Crippen molar-refractivity contribution in [3.63, 3.8) is 0 Å². The van der Waals surface area contributed by atoms with Crippen molar-refractivity contribution >= 4 is 5.78 Å². The number of carbonyl (C=O) groups is 1. The summed E-state index contributed by atoms with van der Waals surface area (Å²) >= 11 is 0. The first-order chi connectivity index (χ1) is 17.3. The Kier molecular flexibility index (Phi) is 7.23. The first kappa shape index (κ1) is 27.9. The lowest BCUT2D eigenvalue weighted by Gasteiger charge is -2.65. The van der Waals surface area contributed by atoms with Gasteiger partial charge in [0.2, 0.25) is 0 Å². The van der Waals surface area contributed by atoms with Gasteiger partial charge in [0, 0.05) is 17.4 Å². The molecular formula is C35H49NO. The van der Waals surface area contributed by atoms with Crippen LogP contribution < -0.4 is 0 Å². The van der Waals surface area contributed by atoms with E-state index in [1.807, 2.05) is 0 Å². The molecule has 0 N–H and O–H groups in total. The molecule has 2 heteroatoms. The molecule has 4 aliphatic rings. The van der Waals surface area contributed by atoms with E-state index in [-0.39, 0.29) is 33.0 Å². The summed E-state index contributed by atoms with van der Waals surface area (Å²) in [5, 5.41) is 9.50. The van der Waals surface area contributed by atoms with E-state index in [4.69, 9.17) is 0 Å². The highest BCUT2D eigenvalue weighted by Crippen LogP contribution is 2.70. The number of rotatable bonds is 6. The predicted molar refractivity (Wildman–Crippen MR) is 153 cm³/mol. The Hall–Kier alpha value is -2.10. The molecule has 37 heavy (non-hydrogen) atoms. The topological polar surface area (TPSA) is 40.9 Å². The zero-order chi connectivity index (χ0) is 27.3. The number of allylic oxidation sites excluding steroid dienone is 6. The molecule has 0 aliphatic heterocycles. The number of hydrogen-bond acceptors (Lipinski definition) is 2. The van der Waals surface area contributed by atoms with Gasteiger partial charge in [-0.3, -0.25) is 4.79 Å². The van der Waals surface area contributed by atoms with Gasteiger partial charge in [-0.25, -0.2) is 0 Å². The maximum absolute atomic E-state index is 14.3. The number of nitrogens with zero attached hydrogens (tertiary/aromatic N) is 1. The van der Waals surface area contributed by atoms with E-state index >= 15 is 0 Å². The van der Waals surface area contributed by atoms with Crippen molar-refractivity contribution < 1.29 is 4.79 Å². The maximum atomic E-state index is 14.3. The van der Waals surface area contributed by atoms with Gasteiger partial charge in [-0.2, -0.15) is 5.26 Å². The second-order valence-electron chi connectivity index (χ2n) is 14.7. The van der Waals surface area contributed by atoms with E-state index in [1.165, 1.54) is 24.8 Å². The molecule has 0 spiro atoms. The van der Waals surface area contributed by atoms with Crippen LogP contribution in [-0.4, -0.2) is 5.78 Å². The second-order valence-corrected chi connectivity index (χ2v) is 14.7. The van der Waals surface area contributed by atoms with Crippen LogP contribution in [0.3, 0.4) is 0 Å². The van der Waals surface area contributed by atoms with Crippen molar-refractivity contribution in [1.82, 2.24) is 0 Å². The molecule has 0 saturated heterocycles. The zero-order valence-electron chi connectivity index (χ0n) is 24.3. The van der Waals surface area contributed by atoms with Gasteiger partial charge in [0.1, 0.15) is 0 Å². The van der Waals surface area contributed by atoms with Crippen molar-refractivity contribution in [3.05, 3.63) is 54.8 Å². The van der Waals surface area contributed by atoms with Crippen LogP contribution in [0.1, 0.15) is 99.3 Å². The van der Waals surface area contributed by atoms with Crippen molar-refractivity contribution in [2.75, 3.05) is 0 Å². The van der Waals surface area contributed by atoms with E-state index in [0.29, 0.717) is 23.5 Å². The van der Waals surface area contributed by atoms with Crippen LogP contribution in [0.15, 0.2) is 54.8 Å². The summed E-state index contributed by atoms with van der Waals surface area (Å²) in [7, 11) is 0. The molecule has 0 aromatic carbocycles. The number of fused-ring (bicyclic) bond motifs is 5. The standard InChI is InChI=1S/C35H49NO/c1-9-11-12-17-35-19-14-25-30(26(35)24-31(3,4)20-21-35)27(37)23-29-33(25,7)18-15-28(32(5,6)10-2)34(29,8)16-13-22-36/h10-11,13,16,23,25-26,28,30H,1-2,12,14-15,17-21,24H2,3-8H3/b16-13+. The quantitative estimate of drug-likeness (QED) is 0.208. The van der Waals surface area contributed by atoms with Gasteiger partial charge < -0.3 is 0 Å². The lowest BCUT2D eigenvalue weighted by molar-refractivity contribution is -0.147. The molecule has 0 heterocycles. The molecule has 0 aromatic heterocycles. The molecule has 0 radical (unpaired) electrons. The molecule has 4 aliphatic carbocycles. The molecule has 200 valence electrons. The molecular weight excluding hydrogens is 450 g/mol. The molecule has 2 nitrogen and oxygen atoms in total. The van der Waals surface area contributed by atoms with Gasteiger partial charge in [-0.05, 0) is 109 Å². The first-order valence-corrected chi connectivity index (χ1v) is 14.6. The molecule has 4 rings (SSSR count). The van der Waals surface area contributed by atoms with E-state index < -0.39 is 0 Å². The average molecular weight is 500 g/mol. The van der Waals surface area contributed by atoms with Gasteiger partial charge >= 0.3 is 0 Å². The van der Waals surface area contributed by atoms with E-state index in [0.717, 1.165) is 38.5 Å². The van der Waals surface area contributed by atoms with Gasteiger partial charge in [0.05, 0.1) is 6.07 Å². The van der Waals surface area contributed by atoms with Gasteiger partial charge in [-0.1, -0.05) is 65.8 Å². The minimum absolute atomic E-state index is 0.0182. The lowest BCUT2D eigenvalue weighted by atomic mass is 9.39. The Morgan fingerprint density at radius 2 is 1.84 bits per heavy atom. The lowest BCUT2D eigenvalue weighted by Crippen LogP contribution is -2.59. The highest BCUT2D eigenvalue weighted by atomic mass is 16.1. The predicted octanol–water partition coefficient (Wildman–Crippen LogP) is 9.17. The largest absolute Gasteiger partial charge is 0.295 e. The van der Waals surface area contributed by atoms with Crippen LogP contribution in [0.25, 0.3) is 0 Å². The number of carbonyl (C=O) groups excluding carboxylic acids is 1. The zero-order valence-corrected chi connectivity index (χ0v) is 24.3. The third kappa shape index (κ3) is 4.46. The molecule has 0 bridgehead atoms. The van der Waals surface area contributed by atoms with Gasteiger partial charge in [-0.15, -0.1) is 12.3 Å². The van der Waals surface area contributed by atoms with Crippen molar-refractivity contribution in [3.8, 4) is 6.07 Å². The summed E-state index contributed by atoms with van der Waals surface area (Å²) in [5.41, 5.74) is 4.35. The number of hydrogen-bond donors (Lipinski definition) is 0. The minimum atomic E-state index is -0.337. The van der Waals surface area contributed by atoms with Crippen molar-refractivity contribution in [2.45, 2.75) is 99.3 Å². The van der Waals surface area contributed by atoms with Crippen LogP contribution in [0, 0.1) is 62.1 Å². The highest BCUT2D eigenvalue weighted by Gasteiger charge is 2.63. The average Bonchev–Trinajstić information content (AvgIpc) is 2.84. The molecule has 7 unspecified atom stereocenters. The van der Waals surface area contributed by atoms with Crippen LogP contribution >= 0.6 is 0 Å². The fourth-order valence-corrected chi connectivity index (χ4v) is 9.75. The van der Waals surface area contributed by atoms with Crippen molar-refractivity contribution in [1.29, 1.82) is 5.26 Å². The fourth-order valence-electron chi connectivity index (χ4n) is 9.75. The highest BCUT2D eigenvalue weighted by molar-refractivity contribution is 5.95. The smallest absolute Gasteiger partial charge is 0.159 e. The monoisotopic (exact) mass is 499 g/mol. The van der Waals surface area contributed by atoms with Crippen LogP contribution in [0.4, 0.5) is 0 Å². The van der Waals surface area contributed by atoms with Crippen LogP contribution in [0.2, 0.25) is 0 Å². The van der Waals surface area contributed by atoms with E-state index in [9.17, 15) is 10.1 Å². The third-order valence-electron chi connectivity index (χ3n) is 11.8. The Bertz CT molecular complexity index is 1090. The summed E-state index contributed by atoms with van der Waals surface area (Å²) in [6, 6.07) is 2.25. The Balaban J connectivity index is 1.83. The summed E-state index contributed by atoms with van der Waals surface area (Å²) in [5.74, 6) is 1.59. The summed E-state index contributed by atoms with van der Waals surface area (Å²) in [6.45, 7) is 22.0. The van der Waals surface area contributed by atoms with E-state index in [2.05, 4.69) is 90.8 Å². The maximum Gasteiger partial charge on any atom is 0.159 e. The van der Waals surface area contributed by atoms with Crippen LogP contribution in [0.5, 0.6) is 0 Å². The van der Waals surface area contributed by atoms with E-state index in [1.54, 1.807) is 6.08 Å². The summed E-state index contributed by atoms with van der Waals surface area (Å²) < 4.78 is 0. The Morgan fingerprint density at radius 1 is 1.11 bits per heavy atom. The molecule has 7 atom stereocenters. The van der Waals surface area contributed by atoms with Gasteiger partial charge in [0.25, 0.3) is 0 Å². The minimum Gasteiger partial charge on any atom is -0.295 e. The number of nitriles is 1. The summed E-state index contributed by atoms with van der Waals surface area (Å²) in [6.07, 6.45) is 20.3. The molecule has 3 saturated carbocycles. The third-order valence-corrected chi connectivity index (χ3v) is 11.8. The first-order valence-electron chi connectivity index (χ1n) is 14.6. The molecule has 0 amide bonds. The normalized spacial score (nSPS) is 40.9. The molecule has 3 fully saturated rings. The Labute approximate surface area is 226 Å².